The second-order valence-electron chi connectivity index (χ2n) is 5.01. The minimum atomic E-state index is 0.188. The number of allylic oxidation sites excluding steroid dienone is 1. The Morgan fingerprint density at radius 1 is 1.53 bits per heavy atom. The zero-order valence-corrected chi connectivity index (χ0v) is 10.8. The summed E-state index contributed by atoms with van der Waals surface area (Å²) in [6.45, 7) is 5.54. The van der Waals surface area contributed by atoms with Crippen molar-refractivity contribution in [1.82, 2.24) is 9.88 Å². The molecular weight excluding hydrogens is 232 g/mol. The molecule has 3 rings (SSSR count). The van der Waals surface area contributed by atoms with Gasteiger partial charge in [0.2, 0.25) is 0 Å². The quantitative estimate of drug-likeness (QED) is 0.808. The molecule has 2 atom stereocenters. The molecule has 0 spiro atoms. The highest BCUT2D eigenvalue weighted by Gasteiger charge is 2.33. The first-order valence-electron chi connectivity index (χ1n) is 6.35. The Bertz CT molecular complexity index is 488. The topological polar surface area (TPSA) is 34.0 Å². The molecule has 17 heavy (non-hydrogen) atoms. The fourth-order valence-corrected chi connectivity index (χ4v) is 4.21. The standard InChI is InChI=1S/C13H18N2OS/c1-2-6-15-11-7-9-4-3-5-14-10(9)8-12(11)17-13(15)16/h2,9-10,14H,1,3-8H2. The summed E-state index contributed by atoms with van der Waals surface area (Å²) in [6.07, 6.45) is 6.50. The molecule has 2 heterocycles. The van der Waals surface area contributed by atoms with Crippen LogP contribution in [0.25, 0.3) is 0 Å². The van der Waals surface area contributed by atoms with E-state index in [2.05, 4.69) is 11.9 Å². The van der Waals surface area contributed by atoms with Crippen molar-refractivity contribution in [2.45, 2.75) is 38.3 Å². The SMILES string of the molecule is C=CCn1c2c(sc1=O)CC1NCCCC1C2. The molecule has 0 bridgehead atoms. The minimum absolute atomic E-state index is 0.188. The Morgan fingerprint density at radius 2 is 2.41 bits per heavy atom. The molecule has 0 saturated carbocycles. The number of thiazole rings is 1. The Morgan fingerprint density at radius 3 is 3.24 bits per heavy atom. The molecular formula is C13H18N2OS. The molecule has 3 nitrogen and oxygen atoms in total. The Balaban J connectivity index is 1.96. The van der Waals surface area contributed by atoms with Crippen LogP contribution in [0.5, 0.6) is 0 Å². The normalized spacial score (nSPS) is 27.3. The Labute approximate surface area is 105 Å². The average molecular weight is 250 g/mol. The maximum absolute atomic E-state index is 11.9. The van der Waals surface area contributed by atoms with Crippen molar-refractivity contribution in [1.29, 1.82) is 0 Å². The molecule has 1 saturated heterocycles. The van der Waals surface area contributed by atoms with Crippen molar-refractivity contribution in [3.63, 3.8) is 0 Å². The third kappa shape index (κ3) is 1.89. The zero-order valence-electron chi connectivity index (χ0n) is 9.95. The molecule has 1 aromatic heterocycles. The Kier molecular flexibility index (Phi) is 2.92. The van der Waals surface area contributed by atoms with Crippen LogP contribution in [-0.4, -0.2) is 17.2 Å². The molecule has 92 valence electrons. The predicted molar refractivity (Wildman–Crippen MR) is 70.7 cm³/mol. The molecule has 1 fully saturated rings. The second-order valence-corrected chi connectivity index (χ2v) is 6.05. The van der Waals surface area contributed by atoms with Gasteiger partial charge in [0, 0.05) is 23.2 Å². The van der Waals surface area contributed by atoms with Crippen LogP contribution in [0.4, 0.5) is 0 Å². The van der Waals surface area contributed by atoms with E-state index in [0.717, 1.165) is 25.3 Å². The third-order valence-electron chi connectivity index (χ3n) is 3.98. The maximum atomic E-state index is 11.9. The molecule has 1 aliphatic carbocycles. The molecule has 2 aliphatic rings. The lowest BCUT2D eigenvalue weighted by Gasteiger charge is -2.36. The van der Waals surface area contributed by atoms with Crippen LogP contribution < -0.4 is 10.2 Å². The third-order valence-corrected chi connectivity index (χ3v) is 5.02. The van der Waals surface area contributed by atoms with Gasteiger partial charge in [0.15, 0.2) is 0 Å². The molecule has 0 radical (unpaired) electrons. The average Bonchev–Trinajstić information content (AvgIpc) is 2.63. The van der Waals surface area contributed by atoms with Gasteiger partial charge in [-0.2, -0.15) is 0 Å². The van der Waals surface area contributed by atoms with Crippen molar-refractivity contribution in [2.24, 2.45) is 5.92 Å². The number of hydrogen-bond acceptors (Lipinski definition) is 3. The van der Waals surface area contributed by atoms with Gasteiger partial charge < -0.3 is 5.32 Å². The van der Waals surface area contributed by atoms with Crippen molar-refractivity contribution in [3.8, 4) is 0 Å². The lowest BCUT2D eigenvalue weighted by molar-refractivity contribution is 0.260. The number of rotatable bonds is 2. The van der Waals surface area contributed by atoms with Crippen LogP contribution in [0.15, 0.2) is 17.4 Å². The highest BCUT2D eigenvalue weighted by Crippen LogP contribution is 2.32. The molecule has 1 aromatic rings. The second kappa shape index (κ2) is 4.42. The van der Waals surface area contributed by atoms with Crippen molar-refractivity contribution in [3.05, 3.63) is 32.9 Å². The zero-order chi connectivity index (χ0) is 11.8. The number of piperidine rings is 1. The van der Waals surface area contributed by atoms with Gasteiger partial charge in [-0.25, -0.2) is 0 Å². The first-order valence-corrected chi connectivity index (χ1v) is 7.17. The molecule has 4 heteroatoms. The molecule has 1 N–H and O–H groups in total. The van der Waals surface area contributed by atoms with Crippen molar-refractivity contribution in [2.75, 3.05) is 6.54 Å². The van der Waals surface area contributed by atoms with Crippen LogP contribution in [0.3, 0.4) is 0 Å². The van der Waals surface area contributed by atoms with Crippen LogP contribution >= 0.6 is 11.3 Å². The fraction of sp³-hybridized carbons (Fsp3) is 0.615. The lowest BCUT2D eigenvalue weighted by atomic mass is 9.80. The van der Waals surface area contributed by atoms with E-state index in [1.807, 2.05) is 10.6 Å². The van der Waals surface area contributed by atoms with E-state index in [0.29, 0.717) is 12.6 Å². The van der Waals surface area contributed by atoms with Crippen LogP contribution in [0.2, 0.25) is 0 Å². The van der Waals surface area contributed by atoms with Gasteiger partial charge in [-0.3, -0.25) is 9.36 Å². The number of aromatic nitrogens is 1. The Hall–Kier alpha value is -0.870. The van der Waals surface area contributed by atoms with Crippen LogP contribution in [0.1, 0.15) is 23.4 Å². The number of fused-ring (bicyclic) bond motifs is 2. The summed E-state index contributed by atoms with van der Waals surface area (Å²) in [5, 5.41) is 3.60. The molecule has 0 aromatic carbocycles. The summed E-state index contributed by atoms with van der Waals surface area (Å²) in [4.78, 5) is 13.4. The molecule has 0 amide bonds. The van der Waals surface area contributed by atoms with Crippen molar-refractivity contribution < 1.29 is 0 Å². The minimum Gasteiger partial charge on any atom is -0.313 e. The van der Waals surface area contributed by atoms with Gasteiger partial charge >= 0.3 is 4.87 Å². The largest absolute Gasteiger partial charge is 0.313 e. The number of nitrogens with one attached hydrogen (secondary N) is 1. The van der Waals surface area contributed by atoms with Crippen LogP contribution in [0, 0.1) is 5.92 Å². The van der Waals surface area contributed by atoms with Gasteiger partial charge in [0.25, 0.3) is 0 Å². The van der Waals surface area contributed by atoms with Crippen molar-refractivity contribution >= 4 is 11.3 Å². The van der Waals surface area contributed by atoms with Gasteiger partial charge in [-0.1, -0.05) is 17.4 Å². The number of nitrogens with zero attached hydrogens (tertiary/aromatic N) is 1. The number of hydrogen-bond donors (Lipinski definition) is 1. The summed E-state index contributed by atoms with van der Waals surface area (Å²) >= 11 is 1.43. The molecule has 2 unspecified atom stereocenters. The first-order chi connectivity index (χ1) is 8.29. The van der Waals surface area contributed by atoms with E-state index in [1.165, 1.54) is 34.7 Å². The van der Waals surface area contributed by atoms with E-state index in [1.54, 1.807) is 0 Å². The fourth-order valence-electron chi connectivity index (χ4n) is 3.13. The molecule has 1 aliphatic heterocycles. The monoisotopic (exact) mass is 250 g/mol. The van der Waals surface area contributed by atoms with E-state index < -0.39 is 0 Å². The van der Waals surface area contributed by atoms with E-state index in [9.17, 15) is 4.79 Å². The predicted octanol–water partition coefficient (Wildman–Crippen LogP) is 1.56. The lowest BCUT2D eigenvalue weighted by Crippen LogP contribution is -2.46. The highest BCUT2D eigenvalue weighted by molar-refractivity contribution is 7.09. The maximum Gasteiger partial charge on any atom is 0.307 e. The van der Waals surface area contributed by atoms with Gasteiger partial charge in [0.1, 0.15) is 0 Å². The summed E-state index contributed by atoms with van der Waals surface area (Å²) in [7, 11) is 0. The summed E-state index contributed by atoms with van der Waals surface area (Å²) in [5.74, 6) is 0.723. The van der Waals surface area contributed by atoms with Gasteiger partial charge in [0.05, 0.1) is 0 Å². The summed E-state index contributed by atoms with van der Waals surface area (Å²) in [5.41, 5.74) is 1.28. The van der Waals surface area contributed by atoms with Gasteiger partial charge in [-0.15, -0.1) is 6.58 Å². The van der Waals surface area contributed by atoms with Gasteiger partial charge in [-0.05, 0) is 38.1 Å². The van der Waals surface area contributed by atoms with E-state index >= 15 is 0 Å². The smallest absolute Gasteiger partial charge is 0.307 e. The van der Waals surface area contributed by atoms with E-state index in [-0.39, 0.29) is 4.87 Å². The summed E-state index contributed by atoms with van der Waals surface area (Å²) in [6, 6.07) is 0.603. The van der Waals surface area contributed by atoms with E-state index in [4.69, 9.17) is 0 Å². The summed E-state index contributed by atoms with van der Waals surface area (Å²) < 4.78 is 1.91. The highest BCUT2D eigenvalue weighted by atomic mass is 32.1. The first kappa shape index (κ1) is 11.2. The van der Waals surface area contributed by atoms with Crippen LogP contribution in [-0.2, 0) is 19.4 Å².